The number of carbonyl (C=O) groups excluding carboxylic acids is 2. The van der Waals surface area contributed by atoms with E-state index in [0.29, 0.717) is 25.1 Å². The highest BCUT2D eigenvalue weighted by molar-refractivity contribution is 6.28. The van der Waals surface area contributed by atoms with Gasteiger partial charge in [-0.05, 0) is 48.3 Å². The summed E-state index contributed by atoms with van der Waals surface area (Å²) in [5.41, 5.74) is 5.78. The largest absolute Gasteiger partial charge is 0.369 e. The fourth-order valence-corrected chi connectivity index (χ4v) is 5.17. The first-order valence-corrected chi connectivity index (χ1v) is 10.6. The highest BCUT2D eigenvalue weighted by atomic mass is 35.5. The lowest BCUT2D eigenvalue weighted by atomic mass is 9.77. The average molecular weight is 478 g/mol. The normalized spacial score (nSPS) is 25.5. The number of fused-ring (bicyclic) bond motifs is 2. The van der Waals surface area contributed by atoms with E-state index in [-0.39, 0.29) is 34.5 Å². The van der Waals surface area contributed by atoms with Crippen LogP contribution in [0, 0.1) is 39.6 Å². The maximum atomic E-state index is 14.2. The molecule has 2 aliphatic carbocycles. The number of primary amides is 1. The van der Waals surface area contributed by atoms with Crippen molar-refractivity contribution in [3.8, 4) is 0 Å². The molecule has 0 saturated heterocycles. The molecular formula is C20H21ClFN7O4. The maximum Gasteiger partial charge on any atom is 0.319 e. The predicted molar refractivity (Wildman–Crippen MR) is 117 cm³/mol. The van der Waals surface area contributed by atoms with E-state index in [9.17, 15) is 24.1 Å². The van der Waals surface area contributed by atoms with Crippen molar-refractivity contribution in [3.05, 3.63) is 51.7 Å². The number of nitrogens with zero attached hydrogens (tertiary/aromatic N) is 3. The molecule has 2 bridgehead atoms. The number of nitro benzene ring substituents is 1. The summed E-state index contributed by atoms with van der Waals surface area (Å²) in [5.74, 6) is -1.83. The summed E-state index contributed by atoms with van der Waals surface area (Å²) in [4.78, 5) is 42.2. The number of hydrogen-bond donors (Lipinski definition) is 4. The third kappa shape index (κ3) is 4.80. The Balaban J connectivity index is 1.41. The van der Waals surface area contributed by atoms with Crippen LogP contribution in [0.3, 0.4) is 0 Å². The molecule has 2 aliphatic rings. The van der Waals surface area contributed by atoms with Crippen LogP contribution in [0.25, 0.3) is 0 Å². The van der Waals surface area contributed by atoms with E-state index in [1.807, 2.05) is 0 Å². The number of nitrogens with two attached hydrogens (primary N) is 1. The second-order valence-corrected chi connectivity index (χ2v) is 8.57. The number of amides is 3. The van der Waals surface area contributed by atoms with Gasteiger partial charge in [-0.15, -0.1) is 0 Å². The highest BCUT2D eigenvalue weighted by Crippen LogP contribution is 2.52. The van der Waals surface area contributed by atoms with Crippen molar-refractivity contribution in [1.82, 2.24) is 15.3 Å². The maximum absolute atomic E-state index is 14.2. The van der Waals surface area contributed by atoms with Crippen molar-refractivity contribution in [2.75, 3.05) is 17.2 Å². The molecule has 5 atom stereocenters. The Morgan fingerprint density at radius 1 is 1.33 bits per heavy atom. The van der Waals surface area contributed by atoms with Crippen molar-refractivity contribution in [2.45, 2.75) is 18.9 Å². The first kappa shape index (κ1) is 22.6. The number of nitrogens with one attached hydrogen (secondary N) is 3. The molecule has 11 nitrogen and oxygen atoms in total. The van der Waals surface area contributed by atoms with Gasteiger partial charge in [0.05, 0.1) is 17.0 Å². The van der Waals surface area contributed by atoms with Gasteiger partial charge in [-0.1, -0.05) is 6.07 Å². The molecule has 5 N–H and O–H groups in total. The Bertz CT molecular complexity index is 1100. The Morgan fingerprint density at radius 2 is 2.12 bits per heavy atom. The van der Waals surface area contributed by atoms with Crippen LogP contribution in [0.2, 0.25) is 5.28 Å². The summed E-state index contributed by atoms with van der Waals surface area (Å²) in [6, 6.07) is 4.63. The van der Waals surface area contributed by atoms with E-state index in [4.69, 9.17) is 17.3 Å². The van der Waals surface area contributed by atoms with Crippen molar-refractivity contribution in [2.24, 2.45) is 29.4 Å². The monoisotopic (exact) mass is 477 g/mol. The third-order valence-electron chi connectivity index (χ3n) is 6.33. The summed E-state index contributed by atoms with van der Waals surface area (Å²) < 4.78 is 14.2. The molecule has 1 heterocycles. The quantitative estimate of drug-likeness (QED) is 0.270. The SMILES string of the molecule is NC(=O)[C@H]1[C@@H]2C[C@@H](CNC(=O)Nc3cccc([N+](=O)[O-])c3)[C@@H](C2)[C@H]1Nc1nc(Cl)ncc1F. The minimum Gasteiger partial charge on any atom is -0.369 e. The number of benzene rings is 1. The smallest absolute Gasteiger partial charge is 0.319 e. The third-order valence-corrected chi connectivity index (χ3v) is 6.51. The van der Waals surface area contributed by atoms with E-state index in [1.165, 1.54) is 18.2 Å². The minimum atomic E-state index is -0.698. The Hall–Kier alpha value is -3.54. The second kappa shape index (κ2) is 9.14. The van der Waals surface area contributed by atoms with Gasteiger partial charge in [0.25, 0.3) is 5.69 Å². The van der Waals surface area contributed by atoms with E-state index in [1.54, 1.807) is 6.07 Å². The molecule has 2 fully saturated rings. The van der Waals surface area contributed by atoms with Crippen LogP contribution in [0.5, 0.6) is 0 Å². The molecule has 0 unspecified atom stereocenters. The van der Waals surface area contributed by atoms with Crippen LogP contribution >= 0.6 is 11.6 Å². The predicted octanol–water partition coefficient (Wildman–Crippen LogP) is 2.54. The molecule has 174 valence electrons. The lowest BCUT2D eigenvalue weighted by molar-refractivity contribution is -0.384. The summed E-state index contributed by atoms with van der Waals surface area (Å²) in [6.07, 6.45) is 2.33. The first-order chi connectivity index (χ1) is 15.7. The summed E-state index contributed by atoms with van der Waals surface area (Å²) >= 11 is 5.77. The van der Waals surface area contributed by atoms with Crippen LogP contribution < -0.4 is 21.7 Å². The van der Waals surface area contributed by atoms with Gasteiger partial charge in [0.15, 0.2) is 11.6 Å². The number of urea groups is 1. The lowest BCUT2D eigenvalue weighted by Gasteiger charge is -2.35. The van der Waals surface area contributed by atoms with E-state index >= 15 is 0 Å². The van der Waals surface area contributed by atoms with Crippen molar-refractivity contribution < 1.29 is 18.9 Å². The number of anilines is 2. The van der Waals surface area contributed by atoms with Crippen molar-refractivity contribution >= 4 is 40.7 Å². The number of hydrogen-bond acceptors (Lipinski definition) is 7. The molecule has 3 amide bonds. The van der Waals surface area contributed by atoms with Crippen molar-refractivity contribution in [3.63, 3.8) is 0 Å². The van der Waals surface area contributed by atoms with Crippen LogP contribution in [-0.2, 0) is 4.79 Å². The highest BCUT2D eigenvalue weighted by Gasteiger charge is 2.54. The van der Waals surface area contributed by atoms with Gasteiger partial charge in [0.1, 0.15) is 0 Å². The number of rotatable bonds is 7. The van der Waals surface area contributed by atoms with E-state index in [0.717, 1.165) is 6.20 Å². The molecule has 2 aromatic rings. The first-order valence-electron chi connectivity index (χ1n) is 10.3. The number of nitro groups is 1. The van der Waals surface area contributed by atoms with Gasteiger partial charge < -0.3 is 21.7 Å². The Kier molecular flexibility index (Phi) is 6.27. The number of aromatic nitrogens is 2. The van der Waals surface area contributed by atoms with E-state index in [2.05, 4.69) is 25.9 Å². The van der Waals surface area contributed by atoms with Gasteiger partial charge in [0, 0.05) is 30.4 Å². The topological polar surface area (TPSA) is 165 Å². The summed E-state index contributed by atoms with van der Waals surface area (Å²) in [7, 11) is 0. The van der Waals surface area contributed by atoms with E-state index < -0.39 is 34.6 Å². The fourth-order valence-electron chi connectivity index (χ4n) is 5.04. The Morgan fingerprint density at radius 3 is 2.85 bits per heavy atom. The molecule has 0 aliphatic heterocycles. The summed E-state index contributed by atoms with van der Waals surface area (Å²) in [5, 5.41) is 19.1. The molecule has 0 spiro atoms. The van der Waals surface area contributed by atoms with Gasteiger partial charge >= 0.3 is 6.03 Å². The standard InChI is InChI=1S/C20H21ClFN7O4/c21-19-24-8-14(22)18(28-19)27-16-13-5-9(15(16)17(23)30)4-10(13)7-25-20(31)26-11-2-1-3-12(6-11)29(32)33/h1-3,6,8-10,13,15-16H,4-5,7H2,(H2,23,30)(H,24,27,28)(H2,25,26,31)/t9-,10+,13-,15+,16-/m1/s1. The Labute approximate surface area is 192 Å². The van der Waals surface area contributed by atoms with Gasteiger partial charge in [-0.25, -0.2) is 14.2 Å². The zero-order chi connectivity index (χ0) is 23.7. The molecule has 0 radical (unpaired) electrons. The number of non-ortho nitro benzene ring substituents is 1. The van der Waals surface area contributed by atoms with Crippen LogP contribution in [-0.4, -0.2) is 39.4 Å². The average Bonchev–Trinajstić information content (AvgIpc) is 3.33. The van der Waals surface area contributed by atoms with Gasteiger partial charge in [0.2, 0.25) is 11.2 Å². The molecule has 4 rings (SSSR count). The second-order valence-electron chi connectivity index (χ2n) is 8.23. The zero-order valence-corrected chi connectivity index (χ0v) is 18.0. The van der Waals surface area contributed by atoms with Gasteiger partial charge in [-0.2, -0.15) is 4.98 Å². The molecule has 1 aromatic heterocycles. The lowest BCUT2D eigenvalue weighted by Crippen LogP contribution is -2.47. The number of carbonyl (C=O) groups is 2. The fraction of sp³-hybridized carbons (Fsp3) is 0.400. The van der Waals surface area contributed by atoms with Crippen LogP contribution in [0.15, 0.2) is 30.5 Å². The molecule has 13 heteroatoms. The molecule has 1 aromatic carbocycles. The minimum absolute atomic E-state index is 0.00277. The van der Waals surface area contributed by atoms with Crippen LogP contribution in [0.4, 0.5) is 26.4 Å². The van der Waals surface area contributed by atoms with Crippen LogP contribution in [0.1, 0.15) is 12.8 Å². The molecule has 33 heavy (non-hydrogen) atoms. The molecular weight excluding hydrogens is 457 g/mol. The van der Waals surface area contributed by atoms with Crippen molar-refractivity contribution in [1.29, 1.82) is 0 Å². The molecule has 2 saturated carbocycles. The zero-order valence-electron chi connectivity index (χ0n) is 17.2. The summed E-state index contributed by atoms with van der Waals surface area (Å²) in [6.45, 7) is 0.304. The van der Waals surface area contributed by atoms with Gasteiger partial charge in [-0.3, -0.25) is 14.9 Å². The number of halogens is 2.